The minimum Gasteiger partial charge on any atom is -0.262 e. The molecule has 2 nitrogen and oxygen atoms in total. The highest BCUT2D eigenvalue weighted by Crippen LogP contribution is 2.41. The van der Waals surface area contributed by atoms with Gasteiger partial charge in [-0.05, 0) is 74.8 Å². The first-order chi connectivity index (χ1) is 22.2. The van der Waals surface area contributed by atoms with Crippen LogP contribution in [0.5, 0.6) is 0 Å². The van der Waals surface area contributed by atoms with Gasteiger partial charge in [-0.25, -0.2) is 4.98 Å². The summed E-state index contributed by atoms with van der Waals surface area (Å²) in [5.41, 5.74) is 9.41. The zero-order chi connectivity index (χ0) is 30.3. The van der Waals surface area contributed by atoms with Crippen LogP contribution in [-0.2, 0) is 0 Å². The second kappa shape index (κ2) is 11.1. The van der Waals surface area contributed by atoms with Crippen LogP contribution < -0.4 is 0 Å². The van der Waals surface area contributed by atoms with Gasteiger partial charge in [0.25, 0.3) is 0 Å². The molecule has 0 atom stereocenters. The summed E-state index contributed by atoms with van der Waals surface area (Å²) in [6, 6.07) is 49.8. The molecule has 0 fully saturated rings. The van der Waals surface area contributed by atoms with E-state index in [0.29, 0.717) is 0 Å². The Kier molecular flexibility index (Phi) is 6.66. The van der Waals surface area contributed by atoms with Gasteiger partial charge < -0.3 is 0 Å². The van der Waals surface area contributed by atoms with Crippen LogP contribution in [0.25, 0.3) is 81.8 Å². The molecular formula is C42H28N2S. The number of thiophene rings is 1. The van der Waals surface area contributed by atoms with Gasteiger partial charge in [0, 0.05) is 26.3 Å². The molecule has 0 saturated heterocycles. The molecule has 0 amide bonds. The molecule has 212 valence electrons. The van der Waals surface area contributed by atoms with E-state index in [2.05, 4.69) is 152 Å². The van der Waals surface area contributed by atoms with Gasteiger partial charge in [0.2, 0.25) is 0 Å². The number of nitrogens with zero attached hydrogens (tertiary/aromatic N) is 2. The van der Waals surface area contributed by atoms with Crippen LogP contribution in [0.2, 0.25) is 0 Å². The summed E-state index contributed by atoms with van der Waals surface area (Å²) in [4.78, 5) is 11.9. The molecule has 0 aliphatic heterocycles. The van der Waals surface area contributed by atoms with Crippen LogP contribution >= 0.6 is 11.3 Å². The summed E-state index contributed by atoms with van der Waals surface area (Å²) < 4.78 is 0. The predicted octanol–water partition coefficient (Wildman–Crippen LogP) is 12.2. The van der Waals surface area contributed by atoms with Crippen molar-refractivity contribution in [2.45, 2.75) is 0 Å². The SMILES string of the molecule is C=Cc1ccc2ccc(-c3ccc(-c4cccc(-c5ccc(-c6cccc7ccccc67)s5)c4)c4ccccc34)nc2c1N=C. The van der Waals surface area contributed by atoms with Crippen LogP contribution in [0.15, 0.2) is 151 Å². The largest absolute Gasteiger partial charge is 0.262 e. The minimum absolute atomic E-state index is 0.763. The Hall–Kier alpha value is -5.64. The van der Waals surface area contributed by atoms with Crippen LogP contribution in [0.4, 0.5) is 5.69 Å². The third-order valence-electron chi connectivity index (χ3n) is 8.56. The number of fused-ring (bicyclic) bond motifs is 3. The average Bonchev–Trinajstić information content (AvgIpc) is 3.60. The fourth-order valence-electron chi connectivity index (χ4n) is 6.36. The van der Waals surface area contributed by atoms with Crippen molar-refractivity contribution in [1.82, 2.24) is 4.98 Å². The first-order valence-corrected chi connectivity index (χ1v) is 15.8. The molecule has 0 bridgehead atoms. The number of rotatable bonds is 6. The molecule has 6 aromatic carbocycles. The van der Waals surface area contributed by atoms with Crippen molar-refractivity contribution in [3.05, 3.63) is 152 Å². The summed E-state index contributed by atoms with van der Waals surface area (Å²) in [6.07, 6.45) is 1.80. The van der Waals surface area contributed by atoms with Crippen LogP contribution in [0.3, 0.4) is 0 Å². The van der Waals surface area contributed by atoms with E-state index in [0.717, 1.165) is 38.8 Å². The second-order valence-corrected chi connectivity index (χ2v) is 12.2. The standard InChI is InChI=1S/C42H28N2S/c1-3-27-18-19-29-20-23-38(44-42(29)41(27)43-2)36-22-21-33(34-15-6-7-16-35(34)36)30-12-8-13-31(26-30)39-24-25-40(45-39)37-17-9-11-28-10-4-5-14-32(28)37/h3-26H,1-2H2. The lowest BCUT2D eigenvalue weighted by molar-refractivity contribution is 1.39. The maximum absolute atomic E-state index is 5.10. The predicted molar refractivity (Wildman–Crippen MR) is 196 cm³/mol. The summed E-state index contributed by atoms with van der Waals surface area (Å²) in [7, 11) is 0. The normalized spacial score (nSPS) is 11.3. The highest BCUT2D eigenvalue weighted by atomic mass is 32.1. The van der Waals surface area contributed by atoms with E-state index in [-0.39, 0.29) is 0 Å². The molecule has 8 aromatic rings. The van der Waals surface area contributed by atoms with Crippen molar-refractivity contribution in [2.24, 2.45) is 4.99 Å². The Morgan fingerprint density at radius 3 is 2.09 bits per heavy atom. The molecule has 0 aliphatic rings. The number of aromatic nitrogens is 1. The monoisotopic (exact) mass is 592 g/mol. The van der Waals surface area contributed by atoms with Crippen LogP contribution in [-0.4, -0.2) is 11.7 Å². The highest BCUT2D eigenvalue weighted by molar-refractivity contribution is 7.18. The van der Waals surface area contributed by atoms with Gasteiger partial charge >= 0.3 is 0 Å². The molecule has 0 aliphatic carbocycles. The van der Waals surface area contributed by atoms with Gasteiger partial charge in [0.1, 0.15) is 0 Å². The fraction of sp³-hybridized carbons (Fsp3) is 0. The zero-order valence-electron chi connectivity index (χ0n) is 24.6. The Morgan fingerprint density at radius 1 is 0.556 bits per heavy atom. The maximum Gasteiger partial charge on any atom is 0.0971 e. The van der Waals surface area contributed by atoms with Crippen molar-refractivity contribution in [1.29, 1.82) is 0 Å². The Labute approximate surface area is 266 Å². The molecule has 0 spiro atoms. The first-order valence-electron chi connectivity index (χ1n) is 15.0. The summed E-state index contributed by atoms with van der Waals surface area (Å²) in [5, 5.41) is 5.93. The topological polar surface area (TPSA) is 25.2 Å². The molecule has 0 radical (unpaired) electrons. The molecule has 2 heterocycles. The van der Waals surface area contributed by atoms with Gasteiger partial charge in [-0.2, -0.15) is 0 Å². The maximum atomic E-state index is 5.10. The van der Waals surface area contributed by atoms with E-state index in [4.69, 9.17) is 4.98 Å². The van der Waals surface area contributed by atoms with Gasteiger partial charge in [-0.1, -0.05) is 128 Å². The molecule has 2 aromatic heterocycles. The number of aliphatic imine (C=N–C) groups is 1. The van der Waals surface area contributed by atoms with E-state index in [1.165, 1.54) is 48.2 Å². The number of hydrogen-bond donors (Lipinski definition) is 0. The minimum atomic E-state index is 0.763. The molecule has 3 heteroatoms. The van der Waals surface area contributed by atoms with Gasteiger partial charge in [0.05, 0.1) is 16.9 Å². The lowest BCUT2D eigenvalue weighted by atomic mass is 9.92. The van der Waals surface area contributed by atoms with E-state index in [1.54, 1.807) is 6.08 Å². The van der Waals surface area contributed by atoms with E-state index in [1.807, 2.05) is 17.4 Å². The van der Waals surface area contributed by atoms with E-state index in [9.17, 15) is 0 Å². The molecular weight excluding hydrogens is 565 g/mol. The molecule has 45 heavy (non-hydrogen) atoms. The zero-order valence-corrected chi connectivity index (χ0v) is 25.4. The van der Waals surface area contributed by atoms with Crippen molar-refractivity contribution < 1.29 is 0 Å². The molecule has 0 saturated carbocycles. The van der Waals surface area contributed by atoms with E-state index >= 15 is 0 Å². The van der Waals surface area contributed by atoms with Crippen molar-refractivity contribution in [3.63, 3.8) is 0 Å². The summed E-state index contributed by atoms with van der Waals surface area (Å²) in [6.45, 7) is 7.75. The molecule has 8 rings (SSSR count). The number of pyridine rings is 1. The smallest absolute Gasteiger partial charge is 0.0971 e. The Morgan fingerprint density at radius 2 is 1.24 bits per heavy atom. The van der Waals surface area contributed by atoms with Crippen LogP contribution in [0, 0.1) is 0 Å². The fourth-order valence-corrected chi connectivity index (χ4v) is 7.40. The van der Waals surface area contributed by atoms with Gasteiger partial charge in [0.15, 0.2) is 0 Å². The van der Waals surface area contributed by atoms with E-state index < -0.39 is 0 Å². The van der Waals surface area contributed by atoms with Gasteiger partial charge in [-0.3, -0.25) is 4.99 Å². The number of hydrogen-bond acceptors (Lipinski definition) is 3. The lowest BCUT2D eigenvalue weighted by Crippen LogP contribution is -1.90. The van der Waals surface area contributed by atoms with Crippen molar-refractivity contribution in [3.8, 4) is 43.3 Å². The quantitative estimate of drug-likeness (QED) is 0.176. The lowest BCUT2D eigenvalue weighted by Gasteiger charge is -2.13. The second-order valence-electron chi connectivity index (χ2n) is 11.1. The van der Waals surface area contributed by atoms with Crippen molar-refractivity contribution >= 4 is 62.3 Å². The third kappa shape index (κ3) is 4.66. The van der Waals surface area contributed by atoms with Crippen molar-refractivity contribution in [2.75, 3.05) is 0 Å². The van der Waals surface area contributed by atoms with Crippen LogP contribution in [0.1, 0.15) is 5.56 Å². The Bertz CT molecular complexity index is 2430. The highest BCUT2D eigenvalue weighted by Gasteiger charge is 2.14. The van der Waals surface area contributed by atoms with Gasteiger partial charge in [-0.15, -0.1) is 11.3 Å². The Balaban J connectivity index is 1.21. The number of benzene rings is 6. The third-order valence-corrected chi connectivity index (χ3v) is 9.73. The average molecular weight is 593 g/mol. The molecule has 0 unspecified atom stereocenters. The molecule has 0 N–H and O–H groups in total. The summed E-state index contributed by atoms with van der Waals surface area (Å²) in [5.74, 6) is 0. The first kappa shape index (κ1) is 26.9. The summed E-state index contributed by atoms with van der Waals surface area (Å²) >= 11 is 1.84.